The SMILES string of the molecule is O=C1O[C@@H]2C([C@H](Sc3ccccc3)OC(COCc3ccccc3)[C@H]2O)N1Cc1ccccc1. The van der Waals surface area contributed by atoms with Gasteiger partial charge in [-0.05, 0) is 23.3 Å². The third kappa shape index (κ3) is 5.13. The molecule has 2 fully saturated rings. The van der Waals surface area contributed by atoms with Crippen molar-refractivity contribution in [1.82, 2.24) is 4.90 Å². The number of aliphatic hydroxyl groups is 1. The molecule has 0 bridgehead atoms. The largest absolute Gasteiger partial charge is 0.441 e. The Labute approximate surface area is 203 Å². The van der Waals surface area contributed by atoms with E-state index in [1.165, 1.54) is 11.8 Å². The smallest absolute Gasteiger partial charge is 0.411 e. The molecule has 2 heterocycles. The molecule has 2 saturated heterocycles. The van der Waals surface area contributed by atoms with E-state index in [2.05, 4.69) is 0 Å². The summed E-state index contributed by atoms with van der Waals surface area (Å²) in [6.07, 6.45) is -2.74. The Hall–Kier alpha value is -2.84. The Morgan fingerprint density at radius 2 is 1.50 bits per heavy atom. The summed E-state index contributed by atoms with van der Waals surface area (Å²) in [5.74, 6) is 0. The summed E-state index contributed by atoms with van der Waals surface area (Å²) in [4.78, 5) is 15.6. The van der Waals surface area contributed by atoms with Gasteiger partial charge in [-0.25, -0.2) is 4.79 Å². The van der Waals surface area contributed by atoms with Crippen LogP contribution in [0, 0.1) is 0 Å². The summed E-state index contributed by atoms with van der Waals surface area (Å²) in [6.45, 7) is 0.997. The number of carbonyl (C=O) groups excluding carboxylic acids is 1. The number of hydrogen-bond acceptors (Lipinski definition) is 6. The van der Waals surface area contributed by atoms with Crippen molar-refractivity contribution in [3.8, 4) is 0 Å². The Morgan fingerprint density at radius 1 is 0.882 bits per heavy atom. The van der Waals surface area contributed by atoms with Gasteiger partial charge in [-0.1, -0.05) is 90.6 Å². The summed E-state index contributed by atoms with van der Waals surface area (Å²) in [5.41, 5.74) is 1.62. The van der Waals surface area contributed by atoms with Crippen molar-refractivity contribution in [2.24, 2.45) is 0 Å². The second kappa shape index (κ2) is 10.6. The van der Waals surface area contributed by atoms with E-state index in [1.54, 1.807) is 4.90 Å². The van der Waals surface area contributed by atoms with E-state index >= 15 is 0 Å². The number of nitrogens with zero attached hydrogens (tertiary/aromatic N) is 1. The number of fused-ring (bicyclic) bond motifs is 1. The summed E-state index contributed by atoms with van der Waals surface area (Å²) in [6, 6.07) is 29.1. The first-order valence-corrected chi connectivity index (χ1v) is 12.2. The molecule has 6 nitrogen and oxygen atoms in total. The molecular formula is C27H27NO5S. The molecule has 0 saturated carbocycles. The maximum absolute atomic E-state index is 12.9. The number of hydrogen-bond donors (Lipinski definition) is 1. The van der Waals surface area contributed by atoms with Gasteiger partial charge < -0.3 is 19.3 Å². The van der Waals surface area contributed by atoms with E-state index in [-0.39, 0.29) is 6.61 Å². The number of ether oxygens (including phenoxy) is 3. The second-order valence-corrected chi connectivity index (χ2v) is 9.59. The summed E-state index contributed by atoms with van der Waals surface area (Å²) in [5, 5.41) is 11.1. The molecule has 5 atom stereocenters. The number of carbonyl (C=O) groups is 1. The third-order valence-corrected chi connectivity index (χ3v) is 7.22. The van der Waals surface area contributed by atoms with Gasteiger partial charge in [0.1, 0.15) is 23.7 Å². The third-order valence-electron chi connectivity index (χ3n) is 6.06. The van der Waals surface area contributed by atoms with E-state index in [9.17, 15) is 9.90 Å². The van der Waals surface area contributed by atoms with Crippen molar-refractivity contribution >= 4 is 17.9 Å². The van der Waals surface area contributed by atoms with Crippen LogP contribution in [0.15, 0.2) is 95.9 Å². The summed E-state index contributed by atoms with van der Waals surface area (Å²) in [7, 11) is 0. The minimum absolute atomic E-state index is 0.196. The lowest BCUT2D eigenvalue weighted by atomic mass is 9.97. The lowest BCUT2D eigenvalue weighted by Gasteiger charge is -2.42. The lowest BCUT2D eigenvalue weighted by molar-refractivity contribution is -0.169. The monoisotopic (exact) mass is 477 g/mol. The zero-order valence-corrected chi connectivity index (χ0v) is 19.4. The van der Waals surface area contributed by atoms with Gasteiger partial charge in [0.2, 0.25) is 0 Å². The zero-order valence-electron chi connectivity index (χ0n) is 18.6. The molecule has 2 aliphatic rings. The average Bonchev–Trinajstić information content (AvgIpc) is 3.20. The molecule has 0 radical (unpaired) electrons. The molecule has 0 spiro atoms. The fourth-order valence-corrected chi connectivity index (χ4v) is 5.58. The highest BCUT2D eigenvalue weighted by Crippen LogP contribution is 2.40. The fraction of sp³-hybridized carbons (Fsp3) is 0.296. The second-order valence-electron chi connectivity index (χ2n) is 8.42. The van der Waals surface area contributed by atoms with Gasteiger partial charge in [-0.3, -0.25) is 4.90 Å². The van der Waals surface area contributed by atoms with Crippen molar-refractivity contribution in [2.45, 2.75) is 47.8 Å². The van der Waals surface area contributed by atoms with Crippen LogP contribution in [-0.4, -0.2) is 52.5 Å². The van der Waals surface area contributed by atoms with Crippen molar-refractivity contribution in [3.05, 3.63) is 102 Å². The first-order valence-electron chi connectivity index (χ1n) is 11.4. The van der Waals surface area contributed by atoms with E-state index in [0.717, 1.165) is 16.0 Å². The zero-order chi connectivity index (χ0) is 23.3. The number of rotatable bonds is 8. The maximum Gasteiger partial charge on any atom is 0.411 e. The Balaban J connectivity index is 1.35. The van der Waals surface area contributed by atoms with Crippen LogP contribution in [0.25, 0.3) is 0 Å². The van der Waals surface area contributed by atoms with E-state index in [0.29, 0.717) is 13.2 Å². The normalized spacial score (nSPS) is 26.2. The van der Waals surface area contributed by atoms with Gasteiger partial charge in [0.05, 0.1) is 13.2 Å². The Bertz CT molecular complexity index is 1070. The van der Waals surface area contributed by atoms with Crippen molar-refractivity contribution in [2.75, 3.05) is 6.61 Å². The number of aliphatic hydroxyl groups excluding tert-OH is 1. The molecule has 2 unspecified atom stereocenters. The highest BCUT2D eigenvalue weighted by Gasteiger charge is 2.56. The molecule has 34 heavy (non-hydrogen) atoms. The predicted molar refractivity (Wildman–Crippen MR) is 129 cm³/mol. The van der Waals surface area contributed by atoms with Crippen molar-refractivity contribution in [1.29, 1.82) is 0 Å². The summed E-state index contributed by atoms with van der Waals surface area (Å²) >= 11 is 1.53. The topological polar surface area (TPSA) is 68.2 Å². The lowest BCUT2D eigenvalue weighted by Crippen LogP contribution is -2.59. The molecule has 3 aromatic rings. The van der Waals surface area contributed by atoms with Crippen molar-refractivity contribution in [3.63, 3.8) is 0 Å². The first kappa shape index (κ1) is 22.9. The molecule has 1 N–H and O–H groups in total. The minimum atomic E-state index is -0.988. The molecule has 0 aliphatic carbocycles. The quantitative estimate of drug-likeness (QED) is 0.516. The highest BCUT2D eigenvalue weighted by atomic mass is 32.2. The van der Waals surface area contributed by atoms with Gasteiger partial charge in [-0.2, -0.15) is 0 Å². The summed E-state index contributed by atoms with van der Waals surface area (Å²) < 4.78 is 18.0. The van der Waals surface area contributed by atoms with Crippen LogP contribution in [0.3, 0.4) is 0 Å². The van der Waals surface area contributed by atoms with Crippen LogP contribution in [0.1, 0.15) is 11.1 Å². The van der Waals surface area contributed by atoms with Gasteiger partial charge in [0.15, 0.2) is 6.10 Å². The van der Waals surface area contributed by atoms with E-state index in [4.69, 9.17) is 14.2 Å². The van der Waals surface area contributed by atoms with Gasteiger partial charge in [-0.15, -0.1) is 0 Å². The predicted octanol–water partition coefficient (Wildman–Crippen LogP) is 4.47. The Morgan fingerprint density at radius 3 is 2.18 bits per heavy atom. The molecule has 7 heteroatoms. The first-order chi connectivity index (χ1) is 16.7. The number of thioether (sulfide) groups is 1. The van der Waals surface area contributed by atoms with Crippen LogP contribution in [-0.2, 0) is 27.4 Å². The van der Waals surface area contributed by atoms with Crippen LogP contribution in [0.4, 0.5) is 4.79 Å². The molecule has 2 aliphatic heterocycles. The van der Waals surface area contributed by atoms with Crippen LogP contribution in [0.5, 0.6) is 0 Å². The van der Waals surface area contributed by atoms with Crippen LogP contribution in [0.2, 0.25) is 0 Å². The van der Waals surface area contributed by atoms with Gasteiger partial charge in [0.25, 0.3) is 0 Å². The van der Waals surface area contributed by atoms with E-state index in [1.807, 2.05) is 91.0 Å². The number of amides is 1. The molecule has 176 valence electrons. The minimum Gasteiger partial charge on any atom is -0.441 e. The molecule has 0 aromatic heterocycles. The van der Waals surface area contributed by atoms with Gasteiger partial charge >= 0.3 is 6.09 Å². The number of benzene rings is 3. The van der Waals surface area contributed by atoms with Crippen LogP contribution >= 0.6 is 11.8 Å². The Kier molecular flexibility index (Phi) is 7.16. The maximum atomic E-state index is 12.9. The fourth-order valence-electron chi connectivity index (χ4n) is 4.36. The molecular weight excluding hydrogens is 450 g/mol. The highest BCUT2D eigenvalue weighted by molar-refractivity contribution is 7.99. The van der Waals surface area contributed by atoms with Gasteiger partial charge in [0, 0.05) is 11.4 Å². The van der Waals surface area contributed by atoms with Crippen molar-refractivity contribution < 1.29 is 24.1 Å². The standard InChI is InChI=1S/C27H27NO5S/c29-24-22(18-31-17-20-12-6-2-7-13-20)32-26(34-21-14-8-3-9-15-21)23-25(24)33-27(30)28(23)16-19-10-4-1-5-11-19/h1-15,22-26,29H,16-18H2/t22?,23?,24-,25-,26+/m1/s1. The van der Waals surface area contributed by atoms with Crippen LogP contribution < -0.4 is 0 Å². The average molecular weight is 478 g/mol. The molecule has 1 amide bonds. The van der Waals surface area contributed by atoms with E-state index < -0.39 is 35.9 Å². The molecule has 3 aromatic carbocycles. The molecule has 5 rings (SSSR count).